The van der Waals surface area contributed by atoms with Crippen molar-refractivity contribution in [3.05, 3.63) is 45.9 Å². The molecule has 0 aliphatic heterocycles. The number of rotatable bonds is 4. The molecule has 2 rings (SSSR count). The molecule has 0 aliphatic rings. The van der Waals surface area contributed by atoms with Gasteiger partial charge in [0.25, 0.3) is 0 Å². The second kappa shape index (κ2) is 4.97. The van der Waals surface area contributed by atoms with E-state index in [-0.39, 0.29) is 5.84 Å². The summed E-state index contributed by atoms with van der Waals surface area (Å²) in [5.41, 5.74) is 7.00. The van der Waals surface area contributed by atoms with Gasteiger partial charge in [-0.25, -0.2) is 4.98 Å². The van der Waals surface area contributed by atoms with Crippen molar-refractivity contribution < 1.29 is 4.74 Å². The molecule has 17 heavy (non-hydrogen) atoms. The number of nitrogens with one attached hydrogen (secondary N) is 1. The number of ether oxygens (including phenoxy) is 1. The lowest BCUT2D eigenvalue weighted by atomic mass is 10.2. The molecule has 0 aliphatic carbocycles. The fraction of sp³-hybridized carbons (Fsp3) is 0.167. The zero-order valence-electron chi connectivity index (χ0n) is 9.43. The quantitative estimate of drug-likeness (QED) is 0.643. The van der Waals surface area contributed by atoms with Crippen molar-refractivity contribution in [1.29, 1.82) is 5.41 Å². The van der Waals surface area contributed by atoms with Crippen LogP contribution in [-0.4, -0.2) is 10.8 Å². The maximum Gasteiger partial charge on any atom is 0.131 e. The van der Waals surface area contributed by atoms with Gasteiger partial charge < -0.3 is 10.5 Å². The molecule has 3 N–H and O–H groups in total. The molecule has 5 heteroatoms. The Morgan fingerprint density at radius 2 is 2.12 bits per heavy atom. The van der Waals surface area contributed by atoms with E-state index in [0.717, 1.165) is 16.5 Å². The van der Waals surface area contributed by atoms with Gasteiger partial charge in [0.05, 0.1) is 10.7 Å². The topological polar surface area (TPSA) is 72.0 Å². The molecule has 1 aromatic heterocycles. The first-order valence-electron chi connectivity index (χ1n) is 5.13. The summed E-state index contributed by atoms with van der Waals surface area (Å²) in [7, 11) is 0. The molecule has 0 saturated carbocycles. The van der Waals surface area contributed by atoms with Gasteiger partial charge in [-0.1, -0.05) is 0 Å². The lowest BCUT2D eigenvalue weighted by Gasteiger charge is -2.05. The number of thiazole rings is 1. The minimum atomic E-state index is 0.0617. The highest BCUT2D eigenvalue weighted by molar-refractivity contribution is 7.09. The van der Waals surface area contributed by atoms with E-state index in [2.05, 4.69) is 4.98 Å². The lowest BCUT2D eigenvalue weighted by Crippen LogP contribution is -2.10. The number of hydrogen-bond acceptors (Lipinski definition) is 4. The Hall–Kier alpha value is -1.88. The summed E-state index contributed by atoms with van der Waals surface area (Å²) in [5.74, 6) is 0.812. The average molecular weight is 247 g/mol. The Balaban J connectivity index is 1.97. The molecule has 0 unspecified atom stereocenters. The average Bonchev–Trinajstić information content (AvgIpc) is 2.73. The summed E-state index contributed by atoms with van der Waals surface area (Å²) < 4.78 is 5.57. The molecule has 2 aromatic rings. The summed E-state index contributed by atoms with van der Waals surface area (Å²) in [6, 6.07) is 7.14. The summed E-state index contributed by atoms with van der Waals surface area (Å²) >= 11 is 1.61. The van der Waals surface area contributed by atoms with Crippen LogP contribution in [0.5, 0.6) is 5.75 Å². The van der Waals surface area contributed by atoms with E-state index in [4.69, 9.17) is 15.9 Å². The number of hydrogen-bond donors (Lipinski definition) is 2. The maximum absolute atomic E-state index is 7.27. The van der Waals surface area contributed by atoms with Crippen LogP contribution in [0.1, 0.15) is 16.3 Å². The van der Waals surface area contributed by atoms with E-state index < -0.39 is 0 Å². The number of benzene rings is 1. The van der Waals surface area contributed by atoms with Crippen LogP contribution in [0, 0.1) is 12.3 Å². The molecular formula is C12H13N3OS. The standard InChI is InChI=1S/C12H13N3OS/c1-8-15-10(7-17-8)6-16-11-4-2-9(3-5-11)12(13)14/h2-5,7H,6H2,1H3,(H3,13,14). The molecular weight excluding hydrogens is 234 g/mol. The highest BCUT2D eigenvalue weighted by Gasteiger charge is 2.01. The highest BCUT2D eigenvalue weighted by Crippen LogP contribution is 2.15. The van der Waals surface area contributed by atoms with Crippen LogP contribution in [0.4, 0.5) is 0 Å². The van der Waals surface area contributed by atoms with Crippen molar-refractivity contribution in [2.75, 3.05) is 0 Å². The zero-order chi connectivity index (χ0) is 12.3. The number of nitrogens with two attached hydrogens (primary N) is 1. The van der Waals surface area contributed by atoms with Gasteiger partial charge in [0.15, 0.2) is 0 Å². The first kappa shape index (κ1) is 11.6. The maximum atomic E-state index is 7.27. The molecule has 0 radical (unpaired) electrons. The fourth-order valence-corrected chi connectivity index (χ4v) is 1.96. The van der Waals surface area contributed by atoms with Crippen molar-refractivity contribution >= 4 is 17.2 Å². The van der Waals surface area contributed by atoms with Gasteiger partial charge in [-0.05, 0) is 31.2 Å². The second-order valence-corrected chi connectivity index (χ2v) is 4.65. The van der Waals surface area contributed by atoms with Gasteiger partial charge >= 0.3 is 0 Å². The molecule has 1 heterocycles. The predicted molar refractivity (Wildman–Crippen MR) is 68.6 cm³/mol. The van der Waals surface area contributed by atoms with Crippen LogP contribution in [0.2, 0.25) is 0 Å². The fourth-order valence-electron chi connectivity index (χ4n) is 1.36. The molecule has 0 spiro atoms. The molecule has 0 bridgehead atoms. The Bertz CT molecular complexity index is 519. The second-order valence-electron chi connectivity index (χ2n) is 3.58. The van der Waals surface area contributed by atoms with Crippen LogP contribution in [-0.2, 0) is 6.61 Å². The molecule has 0 fully saturated rings. The molecule has 0 atom stereocenters. The first-order chi connectivity index (χ1) is 8.15. The number of aryl methyl sites for hydroxylation is 1. The van der Waals surface area contributed by atoms with E-state index in [1.54, 1.807) is 35.6 Å². The Morgan fingerprint density at radius 1 is 1.41 bits per heavy atom. The predicted octanol–water partition coefficient (Wildman–Crippen LogP) is 2.31. The van der Waals surface area contributed by atoms with Gasteiger partial charge in [0.2, 0.25) is 0 Å². The summed E-state index contributed by atoms with van der Waals surface area (Å²) in [6.45, 7) is 2.43. The van der Waals surface area contributed by atoms with Gasteiger partial charge in [-0.15, -0.1) is 11.3 Å². The Morgan fingerprint density at radius 3 is 2.65 bits per heavy atom. The van der Waals surface area contributed by atoms with E-state index >= 15 is 0 Å². The number of aromatic nitrogens is 1. The monoisotopic (exact) mass is 247 g/mol. The molecule has 0 saturated heterocycles. The van der Waals surface area contributed by atoms with Gasteiger partial charge in [-0.2, -0.15) is 0 Å². The molecule has 88 valence electrons. The van der Waals surface area contributed by atoms with Crippen LogP contribution < -0.4 is 10.5 Å². The minimum Gasteiger partial charge on any atom is -0.487 e. The van der Waals surface area contributed by atoms with Gasteiger partial charge in [-0.3, -0.25) is 5.41 Å². The third kappa shape index (κ3) is 3.04. The smallest absolute Gasteiger partial charge is 0.131 e. The van der Waals surface area contributed by atoms with E-state index in [9.17, 15) is 0 Å². The van der Waals surface area contributed by atoms with E-state index in [0.29, 0.717) is 12.2 Å². The van der Waals surface area contributed by atoms with Crippen molar-refractivity contribution in [2.24, 2.45) is 5.73 Å². The summed E-state index contributed by atoms with van der Waals surface area (Å²) in [5, 5.41) is 10.3. The highest BCUT2D eigenvalue weighted by atomic mass is 32.1. The van der Waals surface area contributed by atoms with Crippen LogP contribution >= 0.6 is 11.3 Å². The van der Waals surface area contributed by atoms with Crippen LogP contribution in [0.25, 0.3) is 0 Å². The number of nitrogens with zero attached hydrogens (tertiary/aromatic N) is 1. The van der Waals surface area contributed by atoms with Gasteiger partial charge in [0, 0.05) is 10.9 Å². The normalized spacial score (nSPS) is 10.2. The SMILES string of the molecule is Cc1nc(COc2ccc(C(=N)N)cc2)cs1. The zero-order valence-corrected chi connectivity index (χ0v) is 10.3. The molecule has 1 aromatic carbocycles. The van der Waals surface area contributed by atoms with Crippen LogP contribution in [0.15, 0.2) is 29.6 Å². The van der Waals surface area contributed by atoms with Crippen molar-refractivity contribution in [3.63, 3.8) is 0 Å². The Labute approximate surface area is 104 Å². The van der Waals surface area contributed by atoms with Crippen molar-refractivity contribution in [2.45, 2.75) is 13.5 Å². The third-order valence-corrected chi connectivity index (χ3v) is 3.04. The lowest BCUT2D eigenvalue weighted by molar-refractivity contribution is 0.302. The van der Waals surface area contributed by atoms with Crippen LogP contribution in [0.3, 0.4) is 0 Å². The number of amidine groups is 1. The van der Waals surface area contributed by atoms with E-state index in [1.165, 1.54) is 0 Å². The summed E-state index contributed by atoms with van der Waals surface area (Å²) in [6.07, 6.45) is 0. The van der Waals surface area contributed by atoms with E-state index in [1.807, 2.05) is 12.3 Å². The molecule has 0 amide bonds. The Kier molecular flexibility index (Phi) is 3.39. The van der Waals surface area contributed by atoms with Crippen molar-refractivity contribution in [1.82, 2.24) is 4.98 Å². The number of nitrogen functional groups attached to an aromatic ring is 1. The first-order valence-corrected chi connectivity index (χ1v) is 6.01. The largest absolute Gasteiger partial charge is 0.487 e. The summed E-state index contributed by atoms with van der Waals surface area (Å²) in [4.78, 5) is 4.31. The third-order valence-electron chi connectivity index (χ3n) is 2.22. The minimum absolute atomic E-state index is 0.0617. The van der Waals surface area contributed by atoms with Gasteiger partial charge in [0.1, 0.15) is 18.2 Å². The molecule has 4 nitrogen and oxygen atoms in total. The van der Waals surface area contributed by atoms with Crippen molar-refractivity contribution in [3.8, 4) is 5.75 Å².